The lowest BCUT2D eigenvalue weighted by molar-refractivity contribution is -0.114. The fourth-order valence-electron chi connectivity index (χ4n) is 2.75. The van der Waals surface area contributed by atoms with E-state index in [2.05, 4.69) is 26.8 Å². The average molecular weight is 311 g/mol. The molecule has 1 heterocycles. The number of hydrogen-bond donors (Lipinski definition) is 0. The molecule has 3 atom stereocenters. The van der Waals surface area contributed by atoms with Crippen LogP contribution in [0, 0.1) is 5.92 Å². The summed E-state index contributed by atoms with van der Waals surface area (Å²) in [5.41, 5.74) is 2.10. The molecule has 1 aliphatic heterocycles. The molecule has 4 heteroatoms. The molecule has 120 valence electrons. The third-order valence-corrected chi connectivity index (χ3v) is 5.43. The van der Waals surface area contributed by atoms with Gasteiger partial charge in [0.25, 0.3) is 0 Å². The van der Waals surface area contributed by atoms with Crippen LogP contribution in [-0.4, -0.2) is 31.6 Å². The molecule has 0 unspecified atom stereocenters. The summed E-state index contributed by atoms with van der Waals surface area (Å²) in [6.07, 6.45) is 5.00. The van der Waals surface area contributed by atoms with Gasteiger partial charge in [0, 0.05) is 12.1 Å². The lowest BCUT2D eigenvalue weighted by Crippen LogP contribution is -2.43. The molecule has 0 aromatic rings. The molecule has 0 spiro atoms. The zero-order chi connectivity index (χ0) is 16.4. The van der Waals surface area contributed by atoms with Gasteiger partial charge >= 0.3 is 0 Å². The van der Waals surface area contributed by atoms with E-state index in [4.69, 9.17) is 0 Å². The SMILES string of the molecule is CC(=O)C1=CCN([S@](=O)C(C)(C)C)[C@H]1C[C@@H](C)C=C(C)C. The van der Waals surface area contributed by atoms with Crippen LogP contribution >= 0.6 is 0 Å². The van der Waals surface area contributed by atoms with Crippen molar-refractivity contribution < 1.29 is 9.00 Å². The van der Waals surface area contributed by atoms with Crippen LogP contribution in [0.3, 0.4) is 0 Å². The fourth-order valence-corrected chi connectivity index (χ4v) is 4.10. The number of carbonyl (C=O) groups is 1. The Labute approximate surface area is 132 Å². The number of allylic oxidation sites excluding steroid dienone is 2. The molecule has 0 aromatic carbocycles. The second-order valence-corrected chi connectivity index (χ2v) is 9.34. The lowest BCUT2D eigenvalue weighted by atomic mass is 9.94. The summed E-state index contributed by atoms with van der Waals surface area (Å²) < 4.78 is 14.4. The van der Waals surface area contributed by atoms with Gasteiger partial charge in [-0.05, 0) is 53.9 Å². The van der Waals surface area contributed by atoms with Crippen LogP contribution in [0.1, 0.15) is 54.9 Å². The quantitative estimate of drug-likeness (QED) is 0.727. The van der Waals surface area contributed by atoms with Crippen molar-refractivity contribution in [2.24, 2.45) is 5.92 Å². The van der Waals surface area contributed by atoms with E-state index < -0.39 is 11.0 Å². The van der Waals surface area contributed by atoms with E-state index >= 15 is 0 Å². The molecule has 1 aliphatic rings. The molecule has 0 aliphatic carbocycles. The predicted molar refractivity (Wildman–Crippen MR) is 90.4 cm³/mol. The van der Waals surface area contributed by atoms with Crippen LogP contribution in [0.4, 0.5) is 0 Å². The first-order valence-corrected chi connectivity index (χ1v) is 8.69. The molecule has 1 rings (SSSR count). The Morgan fingerprint density at radius 2 is 2.00 bits per heavy atom. The highest BCUT2D eigenvalue weighted by atomic mass is 32.2. The van der Waals surface area contributed by atoms with Gasteiger partial charge in [-0.15, -0.1) is 0 Å². The monoisotopic (exact) mass is 311 g/mol. The Morgan fingerprint density at radius 1 is 1.43 bits per heavy atom. The first kappa shape index (κ1) is 18.3. The smallest absolute Gasteiger partial charge is 0.157 e. The highest BCUT2D eigenvalue weighted by molar-refractivity contribution is 7.84. The van der Waals surface area contributed by atoms with Gasteiger partial charge in [0.05, 0.1) is 10.8 Å². The van der Waals surface area contributed by atoms with Crippen LogP contribution in [-0.2, 0) is 15.8 Å². The number of hydrogen-bond acceptors (Lipinski definition) is 2. The summed E-state index contributed by atoms with van der Waals surface area (Å²) in [6.45, 7) is 14.5. The van der Waals surface area contributed by atoms with E-state index in [0.29, 0.717) is 12.5 Å². The first-order chi connectivity index (χ1) is 9.54. The topological polar surface area (TPSA) is 37.4 Å². The van der Waals surface area contributed by atoms with E-state index in [0.717, 1.165) is 12.0 Å². The summed E-state index contributed by atoms with van der Waals surface area (Å²) >= 11 is 0. The maximum absolute atomic E-state index is 12.7. The standard InChI is InChI=1S/C17H29NO2S/c1-12(2)10-13(3)11-16-15(14(4)19)8-9-18(16)21(20)17(5,6)7/h8,10,13,16H,9,11H2,1-7H3/t13-,16-,21+/m0/s1. The van der Waals surface area contributed by atoms with E-state index in [1.807, 2.05) is 31.2 Å². The minimum Gasteiger partial charge on any atom is -0.295 e. The summed E-state index contributed by atoms with van der Waals surface area (Å²) in [5, 5.41) is 0. The number of rotatable bonds is 5. The molecule has 0 radical (unpaired) electrons. The summed E-state index contributed by atoms with van der Waals surface area (Å²) in [5.74, 6) is 0.457. The number of ketones is 1. The summed E-state index contributed by atoms with van der Waals surface area (Å²) in [4.78, 5) is 11.9. The number of Topliss-reactive ketones (excluding diaryl/α,β-unsaturated/α-hetero) is 1. The largest absolute Gasteiger partial charge is 0.295 e. The number of nitrogens with zero attached hydrogens (tertiary/aromatic N) is 1. The molecule has 0 fully saturated rings. The average Bonchev–Trinajstić information content (AvgIpc) is 2.68. The van der Waals surface area contributed by atoms with Crippen LogP contribution in [0.5, 0.6) is 0 Å². The zero-order valence-corrected chi connectivity index (χ0v) is 15.2. The van der Waals surface area contributed by atoms with Gasteiger partial charge in [-0.3, -0.25) is 4.79 Å². The molecule has 0 saturated heterocycles. The van der Waals surface area contributed by atoms with Crippen molar-refractivity contribution in [3.8, 4) is 0 Å². The van der Waals surface area contributed by atoms with E-state index in [1.165, 1.54) is 5.57 Å². The van der Waals surface area contributed by atoms with Crippen LogP contribution in [0.15, 0.2) is 23.3 Å². The van der Waals surface area contributed by atoms with Crippen molar-refractivity contribution >= 4 is 16.8 Å². The van der Waals surface area contributed by atoms with Crippen molar-refractivity contribution in [1.29, 1.82) is 0 Å². The third-order valence-electron chi connectivity index (χ3n) is 3.55. The predicted octanol–water partition coefficient (Wildman–Crippen LogP) is 3.64. The molecule has 3 nitrogen and oxygen atoms in total. The van der Waals surface area contributed by atoms with E-state index in [-0.39, 0.29) is 16.6 Å². The minimum atomic E-state index is -1.10. The van der Waals surface area contributed by atoms with Gasteiger partial charge < -0.3 is 0 Å². The lowest BCUT2D eigenvalue weighted by Gasteiger charge is -2.32. The second kappa shape index (κ2) is 7.01. The molecule has 21 heavy (non-hydrogen) atoms. The first-order valence-electron chi connectivity index (χ1n) is 7.58. The van der Waals surface area contributed by atoms with Gasteiger partial charge in [0.2, 0.25) is 0 Å². The van der Waals surface area contributed by atoms with Crippen molar-refractivity contribution in [2.45, 2.75) is 65.7 Å². The number of carbonyl (C=O) groups excluding carboxylic acids is 1. The fraction of sp³-hybridized carbons (Fsp3) is 0.706. The Morgan fingerprint density at radius 3 is 2.43 bits per heavy atom. The van der Waals surface area contributed by atoms with Gasteiger partial charge in [-0.25, -0.2) is 8.51 Å². The van der Waals surface area contributed by atoms with Crippen molar-refractivity contribution in [3.63, 3.8) is 0 Å². The summed E-state index contributed by atoms with van der Waals surface area (Å²) in [6, 6.07) is -0.0341. The Balaban J connectivity index is 2.99. The van der Waals surface area contributed by atoms with Crippen LogP contribution in [0.2, 0.25) is 0 Å². The second-order valence-electron chi connectivity index (χ2n) is 7.15. The zero-order valence-electron chi connectivity index (χ0n) is 14.4. The van der Waals surface area contributed by atoms with Gasteiger partial charge in [0.15, 0.2) is 5.78 Å². The highest BCUT2D eigenvalue weighted by Gasteiger charge is 2.37. The minimum absolute atomic E-state index is 0.0341. The molecule has 0 bridgehead atoms. The van der Waals surface area contributed by atoms with Gasteiger partial charge in [-0.2, -0.15) is 0 Å². The van der Waals surface area contributed by atoms with Gasteiger partial charge in [-0.1, -0.05) is 24.6 Å². The third kappa shape index (κ3) is 4.89. The molecular formula is C17H29NO2S. The van der Waals surface area contributed by atoms with E-state index in [9.17, 15) is 9.00 Å². The van der Waals surface area contributed by atoms with Crippen LogP contribution in [0.25, 0.3) is 0 Å². The van der Waals surface area contributed by atoms with Crippen molar-refractivity contribution in [2.75, 3.05) is 6.54 Å². The molecule has 0 amide bonds. The maximum Gasteiger partial charge on any atom is 0.157 e. The normalized spacial score (nSPS) is 22.6. The Hall–Kier alpha value is -0.740. The van der Waals surface area contributed by atoms with Crippen LogP contribution < -0.4 is 0 Å². The van der Waals surface area contributed by atoms with Crippen molar-refractivity contribution in [3.05, 3.63) is 23.3 Å². The van der Waals surface area contributed by atoms with Crippen molar-refractivity contribution in [1.82, 2.24) is 4.31 Å². The molecule has 0 N–H and O–H groups in total. The van der Waals surface area contributed by atoms with E-state index in [1.54, 1.807) is 6.92 Å². The highest BCUT2D eigenvalue weighted by Crippen LogP contribution is 2.30. The molecular weight excluding hydrogens is 282 g/mol. The molecule has 0 saturated carbocycles. The maximum atomic E-state index is 12.7. The Kier molecular flexibility index (Phi) is 6.11. The Bertz CT molecular complexity index is 482. The molecule has 0 aromatic heterocycles. The summed E-state index contributed by atoms with van der Waals surface area (Å²) in [7, 11) is -1.10. The van der Waals surface area contributed by atoms with Gasteiger partial charge in [0.1, 0.15) is 11.0 Å².